The van der Waals surface area contributed by atoms with Crippen LogP contribution in [0.25, 0.3) is 0 Å². The average molecular weight is 405 g/mol. The summed E-state index contributed by atoms with van der Waals surface area (Å²) in [6.45, 7) is 3.11. The smallest absolute Gasteiger partial charge is 0.339 e. The molecule has 2 N–H and O–H groups in total. The first kappa shape index (κ1) is 19.1. The summed E-state index contributed by atoms with van der Waals surface area (Å²) in [4.78, 5) is 22.6. The number of carbonyl (C=O) groups excluding carboxylic acids is 2. The highest BCUT2D eigenvalue weighted by atomic mass is 35.5. The molecule has 1 aromatic heterocycles. The van der Waals surface area contributed by atoms with Crippen molar-refractivity contribution in [1.82, 2.24) is 10.2 Å². The zero-order valence-corrected chi connectivity index (χ0v) is 15.5. The highest BCUT2D eigenvalue weighted by Crippen LogP contribution is 2.26. The van der Waals surface area contributed by atoms with E-state index in [-0.39, 0.29) is 32.4 Å². The predicted molar refractivity (Wildman–Crippen MR) is 92.4 cm³/mol. The van der Waals surface area contributed by atoms with Crippen LogP contribution >= 0.6 is 22.9 Å². The fourth-order valence-electron chi connectivity index (χ4n) is 1.67. The number of anilines is 2. The Labute approximate surface area is 152 Å². The van der Waals surface area contributed by atoms with Crippen LogP contribution in [-0.2, 0) is 19.6 Å². The van der Waals surface area contributed by atoms with E-state index in [4.69, 9.17) is 16.3 Å². The van der Waals surface area contributed by atoms with E-state index in [1.807, 2.05) is 0 Å². The van der Waals surface area contributed by atoms with E-state index in [1.54, 1.807) is 6.92 Å². The quantitative estimate of drug-likeness (QED) is 0.557. The number of nitrogens with zero attached hydrogens (tertiary/aromatic N) is 2. The van der Waals surface area contributed by atoms with Gasteiger partial charge in [0.1, 0.15) is 0 Å². The van der Waals surface area contributed by atoms with Crippen LogP contribution in [0.4, 0.5) is 10.8 Å². The Morgan fingerprint density at radius 2 is 2.04 bits per heavy atom. The fraction of sp³-hybridized carbons (Fsp3) is 0.231. The monoisotopic (exact) mass is 404 g/mol. The van der Waals surface area contributed by atoms with Crippen molar-refractivity contribution in [3.63, 3.8) is 0 Å². The number of aromatic nitrogens is 2. The molecule has 0 fully saturated rings. The number of esters is 1. The summed E-state index contributed by atoms with van der Waals surface area (Å²) in [6, 6.07) is 3.99. The van der Waals surface area contributed by atoms with Crippen molar-refractivity contribution in [2.45, 2.75) is 18.2 Å². The maximum atomic E-state index is 12.3. The van der Waals surface area contributed by atoms with Crippen LogP contribution in [-0.4, -0.2) is 37.1 Å². The Kier molecular flexibility index (Phi) is 5.93. The van der Waals surface area contributed by atoms with Gasteiger partial charge in [0.2, 0.25) is 11.0 Å². The minimum absolute atomic E-state index is 0.0369. The van der Waals surface area contributed by atoms with Gasteiger partial charge in [-0.3, -0.25) is 9.52 Å². The van der Waals surface area contributed by atoms with Gasteiger partial charge in [0.25, 0.3) is 14.4 Å². The maximum Gasteiger partial charge on any atom is 0.339 e. The van der Waals surface area contributed by atoms with Crippen LogP contribution < -0.4 is 10.0 Å². The SMILES string of the molecule is CCOC(=O)c1ccc(NS(=O)(=O)c2nnc(NC(C)=O)s2)cc1Cl. The molecule has 9 nitrogen and oxygen atoms in total. The van der Waals surface area contributed by atoms with E-state index < -0.39 is 21.9 Å². The minimum atomic E-state index is -4.02. The first-order valence-corrected chi connectivity index (χ1v) is 9.51. The van der Waals surface area contributed by atoms with Gasteiger partial charge in [-0.2, -0.15) is 8.42 Å². The van der Waals surface area contributed by atoms with E-state index in [0.717, 1.165) is 0 Å². The molecule has 1 heterocycles. The van der Waals surface area contributed by atoms with E-state index in [2.05, 4.69) is 20.2 Å². The summed E-state index contributed by atoms with van der Waals surface area (Å²) in [5.74, 6) is -1.000. The molecule has 0 aliphatic rings. The van der Waals surface area contributed by atoms with Crippen molar-refractivity contribution >= 4 is 55.7 Å². The maximum absolute atomic E-state index is 12.3. The van der Waals surface area contributed by atoms with Crippen molar-refractivity contribution in [2.24, 2.45) is 0 Å². The molecule has 0 bridgehead atoms. The summed E-state index contributed by atoms with van der Waals surface area (Å²) in [7, 11) is -4.02. The topological polar surface area (TPSA) is 127 Å². The molecular formula is C13H13ClN4O5S2. The molecule has 25 heavy (non-hydrogen) atoms. The van der Waals surface area contributed by atoms with Crippen LogP contribution in [0.3, 0.4) is 0 Å². The van der Waals surface area contributed by atoms with Gasteiger partial charge in [-0.15, -0.1) is 10.2 Å². The van der Waals surface area contributed by atoms with E-state index in [1.165, 1.54) is 25.1 Å². The van der Waals surface area contributed by atoms with Gasteiger partial charge >= 0.3 is 5.97 Å². The van der Waals surface area contributed by atoms with Gasteiger partial charge < -0.3 is 10.1 Å². The van der Waals surface area contributed by atoms with E-state index in [9.17, 15) is 18.0 Å². The lowest BCUT2D eigenvalue weighted by Gasteiger charge is -2.08. The molecule has 0 radical (unpaired) electrons. The predicted octanol–water partition coefficient (Wildman–Crippen LogP) is 2.13. The van der Waals surface area contributed by atoms with Crippen molar-refractivity contribution in [2.75, 3.05) is 16.6 Å². The third-order valence-corrected chi connectivity index (χ3v) is 5.54. The Hall–Kier alpha value is -2.24. The largest absolute Gasteiger partial charge is 0.462 e. The van der Waals surface area contributed by atoms with E-state index in [0.29, 0.717) is 11.3 Å². The molecule has 1 aromatic carbocycles. The summed E-state index contributed by atoms with van der Waals surface area (Å²) in [5.41, 5.74) is 0.254. The van der Waals surface area contributed by atoms with Gasteiger partial charge in [0.15, 0.2) is 0 Å². The van der Waals surface area contributed by atoms with Crippen molar-refractivity contribution < 1.29 is 22.7 Å². The summed E-state index contributed by atoms with van der Waals surface area (Å²) >= 11 is 6.68. The highest BCUT2D eigenvalue weighted by Gasteiger charge is 2.21. The summed E-state index contributed by atoms with van der Waals surface area (Å²) in [6.07, 6.45) is 0. The molecule has 0 saturated heterocycles. The molecule has 0 unspecified atom stereocenters. The molecule has 0 spiro atoms. The van der Waals surface area contributed by atoms with Gasteiger partial charge in [-0.05, 0) is 25.1 Å². The molecule has 12 heteroatoms. The summed E-state index contributed by atoms with van der Waals surface area (Å²) < 4.78 is 31.3. The number of halogens is 1. The Balaban J connectivity index is 2.20. The van der Waals surface area contributed by atoms with Crippen LogP contribution in [0.1, 0.15) is 24.2 Å². The molecule has 0 saturated carbocycles. The average Bonchev–Trinajstić information content (AvgIpc) is 2.95. The highest BCUT2D eigenvalue weighted by molar-refractivity contribution is 7.94. The molecule has 0 aliphatic heterocycles. The van der Waals surface area contributed by atoms with Crippen LogP contribution in [0.15, 0.2) is 22.5 Å². The number of carbonyl (C=O) groups is 2. The van der Waals surface area contributed by atoms with Gasteiger partial charge in [0.05, 0.1) is 22.9 Å². The van der Waals surface area contributed by atoms with Crippen LogP contribution in [0.5, 0.6) is 0 Å². The Morgan fingerprint density at radius 1 is 1.32 bits per heavy atom. The molecule has 2 aromatic rings. The molecular weight excluding hydrogens is 392 g/mol. The second kappa shape index (κ2) is 7.76. The van der Waals surface area contributed by atoms with Crippen LogP contribution in [0.2, 0.25) is 5.02 Å². The minimum Gasteiger partial charge on any atom is -0.462 e. The standard InChI is InChI=1S/C13H13ClN4O5S2/c1-3-23-11(20)9-5-4-8(6-10(9)14)18-25(21,22)13-17-16-12(24-13)15-7(2)19/h4-6,18H,3H2,1-2H3,(H,15,16,19). The number of amides is 1. The fourth-order valence-corrected chi connectivity index (χ4v) is 3.93. The molecule has 0 aliphatic carbocycles. The Bertz CT molecular complexity index is 913. The second-order valence-corrected chi connectivity index (χ2v) is 7.82. The van der Waals surface area contributed by atoms with Gasteiger partial charge in [0, 0.05) is 6.92 Å². The molecule has 0 atom stereocenters. The third kappa shape index (κ3) is 4.87. The Morgan fingerprint density at radius 3 is 2.64 bits per heavy atom. The lowest BCUT2D eigenvalue weighted by Crippen LogP contribution is -2.13. The number of hydrogen-bond acceptors (Lipinski definition) is 8. The van der Waals surface area contributed by atoms with Gasteiger partial charge in [-0.1, -0.05) is 22.9 Å². The van der Waals surface area contributed by atoms with Gasteiger partial charge in [-0.25, -0.2) is 4.79 Å². The van der Waals surface area contributed by atoms with Crippen molar-refractivity contribution in [3.05, 3.63) is 28.8 Å². The number of benzene rings is 1. The second-order valence-electron chi connectivity index (χ2n) is 4.57. The number of nitrogens with one attached hydrogen (secondary N) is 2. The lowest BCUT2D eigenvalue weighted by molar-refractivity contribution is -0.114. The molecule has 1 amide bonds. The van der Waals surface area contributed by atoms with E-state index >= 15 is 0 Å². The normalized spacial score (nSPS) is 11.0. The van der Waals surface area contributed by atoms with Crippen LogP contribution in [0, 0.1) is 0 Å². The molecule has 2 rings (SSSR count). The number of sulfonamides is 1. The number of hydrogen-bond donors (Lipinski definition) is 2. The number of ether oxygens (including phenoxy) is 1. The zero-order valence-electron chi connectivity index (χ0n) is 13.1. The first-order valence-electron chi connectivity index (χ1n) is 6.83. The first-order chi connectivity index (χ1) is 11.7. The zero-order chi connectivity index (χ0) is 18.6. The summed E-state index contributed by atoms with van der Waals surface area (Å²) in [5, 5.41) is 9.53. The lowest BCUT2D eigenvalue weighted by atomic mass is 10.2. The van der Waals surface area contributed by atoms with Crippen molar-refractivity contribution in [3.8, 4) is 0 Å². The van der Waals surface area contributed by atoms with Crippen molar-refractivity contribution in [1.29, 1.82) is 0 Å². The number of rotatable bonds is 6. The molecule has 134 valence electrons. The third-order valence-electron chi connectivity index (χ3n) is 2.64.